The summed E-state index contributed by atoms with van der Waals surface area (Å²) in [4.78, 5) is 22.9. The monoisotopic (exact) mass is 391 g/mol. The zero-order valence-corrected chi connectivity index (χ0v) is 16.8. The molecule has 0 radical (unpaired) electrons. The van der Waals surface area contributed by atoms with Gasteiger partial charge >= 0.3 is 0 Å². The Hall–Kier alpha value is -3.02. The van der Waals surface area contributed by atoms with E-state index in [1.54, 1.807) is 0 Å². The Bertz CT molecular complexity index is 1040. The molecule has 1 amide bonds. The molecule has 3 aromatic rings. The van der Waals surface area contributed by atoms with Crippen molar-refractivity contribution in [1.82, 2.24) is 14.9 Å². The molecule has 6 nitrogen and oxygen atoms in total. The normalized spacial score (nSPS) is 19.9. The average Bonchev–Trinajstić information content (AvgIpc) is 3.40. The quantitative estimate of drug-likeness (QED) is 0.729. The number of nitrogens with one attached hydrogen (secondary N) is 1. The second kappa shape index (κ2) is 6.79. The van der Waals surface area contributed by atoms with E-state index in [1.165, 1.54) is 0 Å². The van der Waals surface area contributed by atoms with Crippen molar-refractivity contribution in [2.75, 3.05) is 13.2 Å². The molecule has 0 spiro atoms. The van der Waals surface area contributed by atoms with Gasteiger partial charge in [0.25, 0.3) is 5.91 Å². The van der Waals surface area contributed by atoms with Crippen LogP contribution in [0.3, 0.4) is 0 Å². The van der Waals surface area contributed by atoms with Gasteiger partial charge in [-0.15, -0.1) is 0 Å². The Kier molecular flexibility index (Phi) is 4.23. The summed E-state index contributed by atoms with van der Waals surface area (Å²) in [5, 5.41) is 0. The number of likely N-dealkylation sites (tertiary alicyclic amines) is 1. The average molecular weight is 391 g/mol. The summed E-state index contributed by atoms with van der Waals surface area (Å²) in [5.74, 6) is 2.23. The fourth-order valence-electron chi connectivity index (χ4n) is 4.40. The smallest absolute Gasteiger partial charge is 0.261 e. The molecule has 150 valence electrons. The SMILES string of the molecule is CC1(C)Cc2cccc(OCC(=O)N3CCC[C@@H]3c3nc4ccccc4[nH]3)c2O1. The zero-order chi connectivity index (χ0) is 20.0. The molecule has 5 rings (SSSR count). The Balaban J connectivity index is 1.31. The standard InChI is InChI=1S/C23H25N3O3/c1-23(2)13-15-7-5-11-19(21(15)29-23)28-14-20(27)26-12-6-10-18(26)22-24-16-8-3-4-9-17(16)25-22/h3-5,7-9,11,18H,6,10,12-14H2,1-2H3,(H,24,25)/t18-/m1/s1. The van der Waals surface area contributed by atoms with Gasteiger partial charge in [-0.2, -0.15) is 0 Å². The highest BCUT2D eigenvalue weighted by Crippen LogP contribution is 2.42. The van der Waals surface area contributed by atoms with Crippen molar-refractivity contribution in [1.29, 1.82) is 0 Å². The van der Waals surface area contributed by atoms with Crippen molar-refractivity contribution in [3.63, 3.8) is 0 Å². The molecular formula is C23H25N3O3. The second-order valence-corrected chi connectivity index (χ2v) is 8.46. The minimum absolute atomic E-state index is 0.00301. The van der Waals surface area contributed by atoms with Gasteiger partial charge in [0.05, 0.1) is 17.1 Å². The number of imidazole rings is 1. The highest BCUT2D eigenvalue weighted by molar-refractivity contribution is 5.79. The Morgan fingerprint density at radius 2 is 2.14 bits per heavy atom. The van der Waals surface area contributed by atoms with E-state index in [9.17, 15) is 4.79 Å². The number of aromatic nitrogens is 2. The first kappa shape index (κ1) is 18.0. The molecule has 2 aliphatic heterocycles. The molecule has 3 heterocycles. The van der Waals surface area contributed by atoms with Gasteiger partial charge in [0.15, 0.2) is 18.1 Å². The number of hydrogen-bond donors (Lipinski definition) is 1. The number of carbonyl (C=O) groups is 1. The van der Waals surface area contributed by atoms with Crippen molar-refractivity contribution in [3.8, 4) is 11.5 Å². The number of ether oxygens (including phenoxy) is 2. The van der Waals surface area contributed by atoms with Gasteiger partial charge in [-0.05, 0) is 44.9 Å². The van der Waals surface area contributed by atoms with Crippen LogP contribution in [-0.4, -0.2) is 39.5 Å². The summed E-state index contributed by atoms with van der Waals surface area (Å²) in [6.07, 6.45) is 2.71. The molecule has 1 aromatic heterocycles. The number of rotatable bonds is 4. The zero-order valence-electron chi connectivity index (χ0n) is 16.8. The first-order valence-electron chi connectivity index (χ1n) is 10.2. The van der Waals surface area contributed by atoms with Crippen LogP contribution in [0.25, 0.3) is 11.0 Å². The fraction of sp³-hybridized carbons (Fsp3) is 0.391. The number of amides is 1. The summed E-state index contributed by atoms with van der Waals surface area (Å²) >= 11 is 0. The lowest BCUT2D eigenvalue weighted by molar-refractivity contribution is -0.134. The number of aromatic amines is 1. The topological polar surface area (TPSA) is 67.5 Å². The van der Waals surface area contributed by atoms with E-state index in [0.717, 1.165) is 54.0 Å². The fourth-order valence-corrected chi connectivity index (χ4v) is 4.40. The van der Waals surface area contributed by atoms with Crippen LogP contribution in [0.2, 0.25) is 0 Å². The number of para-hydroxylation sites is 3. The molecule has 0 saturated carbocycles. The molecule has 1 N–H and O–H groups in total. The van der Waals surface area contributed by atoms with Gasteiger partial charge in [0.1, 0.15) is 11.4 Å². The summed E-state index contributed by atoms with van der Waals surface area (Å²) in [6, 6.07) is 13.8. The summed E-state index contributed by atoms with van der Waals surface area (Å²) in [5.41, 5.74) is 2.81. The minimum Gasteiger partial charge on any atom is -0.483 e. The van der Waals surface area contributed by atoms with Gasteiger partial charge in [-0.3, -0.25) is 4.79 Å². The number of hydrogen-bond acceptors (Lipinski definition) is 4. The molecule has 29 heavy (non-hydrogen) atoms. The third kappa shape index (κ3) is 3.33. The van der Waals surface area contributed by atoms with Crippen molar-refractivity contribution < 1.29 is 14.3 Å². The van der Waals surface area contributed by atoms with Crippen molar-refractivity contribution in [3.05, 3.63) is 53.9 Å². The third-order valence-electron chi connectivity index (χ3n) is 5.70. The lowest BCUT2D eigenvalue weighted by Crippen LogP contribution is -2.35. The number of benzene rings is 2. The van der Waals surface area contributed by atoms with Crippen LogP contribution in [0.1, 0.15) is 44.1 Å². The van der Waals surface area contributed by atoms with E-state index < -0.39 is 0 Å². The van der Waals surface area contributed by atoms with E-state index in [0.29, 0.717) is 5.75 Å². The van der Waals surface area contributed by atoms with E-state index in [2.05, 4.69) is 24.9 Å². The first-order valence-corrected chi connectivity index (χ1v) is 10.2. The van der Waals surface area contributed by atoms with Crippen LogP contribution >= 0.6 is 0 Å². The lowest BCUT2D eigenvalue weighted by atomic mass is 10.0. The predicted molar refractivity (Wildman–Crippen MR) is 110 cm³/mol. The first-order chi connectivity index (χ1) is 14.0. The molecule has 0 bridgehead atoms. The number of fused-ring (bicyclic) bond motifs is 2. The van der Waals surface area contributed by atoms with Crippen molar-refractivity contribution >= 4 is 16.9 Å². The Morgan fingerprint density at radius 3 is 3.00 bits per heavy atom. The molecule has 2 aromatic carbocycles. The number of carbonyl (C=O) groups excluding carboxylic acids is 1. The second-order valence-electron chi connectivity index (χ2n) is 8.46. The van der Waals surface area contributed by atoms with Gasteiger partial charge in [0, 0.05) is 18.5 Å². The van der Waals surface area contributed by atoms with E-state index in [1.807, 2.05) is 41.3 Å². The lowest BCUT2D eigenvalue weighted by Gasteiger charge is -2.23. The maximum atomic E-state index is 13.0. The highest BCUT2D eigenvalue weighted by Gasteiger charge is 2.34. The van der Waals surface area contributed by atoms with Gasteiger partial charge in [0.2, 0.25) is 0 Å². The van der Waals surface area contributed by atoms with E-state index in [-0.39, 0.29) is 24.2 Å². The van der Waals surface area contributed by atoms with Crippen molar-refractivity contribution in [2.45, 2.75) is 44.8 Å². The summed E-state index contributed by atoms with van der Waals surface area (Å²) in [7, 11) is 0. The minimum atomic E-state index is -0.243. The maximum absolute atomic E-state index is 13.0. The molecule has 1 fully saturated rings. The number of H-pyrrole nitrogens is 1. The molecule has 0 aliphatic carbocycles. The van der Waals surface area contributed by atoms with Crippen LogP contribution in [0.5, 0.6) is 11.5 Å². The van der Waals surface area contributed by atoms with E-state index in [4.69, 9.17) is 14.5 Å². The van der Waals surface area contributed by atoms with Crippen molar-refractivity contribution in [2.24, 2.45) is 0 Å². The van der Waals surface area contributed by atoms with Gasteiger partial charge in [-0.25, -0.2) is 4.98 Å². The van der Waals surface area contributed by atoms with Crippen LogP contribution in [-0.2, 0) is 11.2 Å². The van der Waals surface area contributed by atoms with Gasteiger partial charge < -0.3 is 19.4 Å². The maximum Gasteiger partial charge on any atom is 0.261 e. The molecular weight excluding hydrogens is 366 g/mol. The summed E-state index contributed by atoms with van der Waals surface area (Å²) < 4.78 is 12.0. The predicted octanol–water partition coefficient (Wildman–Crippen LogP) is 4.02. The van der Waals surface area contributed by atoms with Crippen LogP contribution in [0.4, 0.5) is 0 Å². The largest absolute Gasteiger partial charge is 0.483 e. The molecule has 0 unspecified atom stereocenters. The molecule has 2 aliphatic rings. The third-order valence-corrected chi connectivity index (χ3v) is 5.70. The van der Waals surface area contributed by atoms with Gasteiger partial charge in [-0.1, -0.05) is 24.3 Å². The Labute approximate surface area is 169 Å². The van der Waals surface area contributed by atoms with Crippen LogP contribution in [0.15, 0.2) is 42.5 Å². The summed E-state index contributed by atoms with van der Waals surface area (Å²) in [6.45, 7) is 4.84. The molecule has 6 heteroatoms. The number of nitrogens with zero attached hydrogens (tertiary/aromatic N) is 2. The Morgan fingerprint density at radius 1 is 1.28 bits per heavy atom. The molecule has 1 saturated heterocycles. The highest BCUT2D eigenvalue weighted by atomic mass is 16.5. The molecule has 1 atom stereocenters. The van der Waals surface area contributed by atoms with E-state index >= 15 is 0 Å². The van der Waals surface area contributed by atoms with Crippen LogP contribution < -0.4 is 9.47 Å². The van der Waals surface area contributed by atoms with Crippen LogP contribution in [0, 0.1) is 0 Å².